The van der Waals surface area contributed by atoms with Gasteiger partial charge in [-0.25, -0.2) is 9.97 Å². The lowest BCUT2D eigenvalue weighted by molar-refractivity contribution is -0.122. The zero-order valence-corrected chi connectivity index (χ0v) is 15.1. The first-order valence-corrected chi connectivity index (χ1v) is 8.89. The number of rotatable bonds is 8. The first kappa shape index (κ1) is 20.4. The predicted octanol–water partition coefficient (Wildman–Crippen LogP) is -3.14. The van der Waals surface area contributed by atoms with E-state index in [1.807, 2.05) is 0 Å². The minimum atomic E-state index is -1.21. The van der Waals surface area contributed by atoms with Crippen molar-refractivity contribution in [3.05, 3.63) is 18.6 Å². The summed E-state index contributed by atoms with van der Waals surface area (Å²) >= 11 is 0. The van der Waals surface area contributed by atoms with Crippen LogP contribution in [0.4, 0.5) is 5.82 Å². The number of fused-ring (bicyclic) bond motifs is 1. The average molecular weight is 395 g/mol. The molecule has 1 fully saturated rings. The summed E-state index contributed by atoms with van der Waals surface area (Å²) in [7, 11) is 0. The van der Waals surface area contributed by atoms with Crippen LogP contribution in [0, 0.1) is 0 Å². The largest absolute Gasteiger partial charge is 0.394 e. The number of ether oxygens (including phenoxy) is 1. The number of aromatic nitrogens is 3. The van der Waals surface area contributed by atoms with E-state index >= 15 is 0 Å². The highest BCUT2D eigenvalue weighted by molar-refractivity contribution is 5.87. The summed E-state index contributed by atoms with van der Waals surface area (Å²) in [5.41, 5.74) is 11.4. The van der Waals surface area contributed by atoms with Crippen molar-refractivity contribution in [1.29, 1.82) is 0 Å². The molecular formula is C16H25N7O5. The number of nitrogens with one attached hydrogen (secondary N) is 2. The molecule has 1 aliphatic rings. The van der Waals surface area contributed by atoms with E-state index < -0.39 is 37.2 Å². The number of nitrogens with zero attached hydrogens (tertiary/aromatic N) is 3. The third kappa shape index (κ3) is 3.92. The topological polar surface area (TPSA) is 194 Å². The molecule has 0 radical (unpaired) electrons. The predicted molar refractivity (Wildman–Crippen MR) is 99.1 cm³/mol. The fourth-order valence-electron chi connectivity index (χ4n) is 3.03. The van der Waals surface area contributed by atoms with Crippen molar-refractivity contribution in [1.82, 2.24) is 19.9 Å². The molecule has 3 rings (SSSR count). The molecule has 0 unspecified atom stereocenters. The van der Waals surface area contributed by atoms with E-state index in [-0.39, 0.29) is 12.5 Å². The van der Waals surface area contributed by atoms with Crippen LogP contribution >= 0.6 is 0 Å². The van der Waals surface area contributed by atoms with E-state index in [9.17, 15) is 20.1 Å². The van der Waals surface area contributed by atoms with E-state index in [0.29, 0.717) is 29.9 Å². The number of carbonyl (C=O) groups is 1. The van der Waals surface area contributed by atoms with Gasteiger partial charge in [-0.15, -0.1) is 0 Å². The van der Waals surface area contributed by atoms with Crippen LogP contribution in [-0.4, -0.2) is 86.4 Å². The molecule has 3 heterocycles. The van der Waals surface area contributed by atoms with Crippen LogP contribution in [0.25, 0.3) is 11.0 Å². The molecule has 28 heavy (non-hydrogen) atoms. The van der Waals surface area contributed by atoms with Crippen LogP contribution in [-0.2, 0) is 9.53 Å². The lowest BCUT2D eigenvalue weighted by Gasteiger charge is -2.17. The number of aliphatic hydroxyl groups is 3. The number of carbonyl (C=O) groups excluding carboxylic acids is 1. The summed E-state index contributed by atoms with van der Waals surface area (Å²) in [4.78, 5) is 20.0. The van der Waals surface area contributed by atoms with Crippen LogP contribution < -0.4 is 22.1 Å². The highest BCUT2D eigenvalue weighted by Crippen LogP contribution is 2.32. The highest BCUT2D eigenvalue weighted by atomic mass is 16.6. The van der Waals surface area contributed by atoms with Gasteiger partial charge in [0, 0.05) is 25.8 Å². The van der Waals surface area contributed by atoms with Crippen molar-refractivity contribution >= 4 is 22.8 Å². The van der Waals surface area contributed by atoms with E-state index in [0.717, 1.165) is 0 Å². The van der Waals surface area contributed by atoms with Gasteiger partial charge in [-0.1, -0.05) is 0 Å². The molecule has 5 atom stereocenters. The number of anilines is 1. The fraction of sp³-hybridized carbons (Fsp3) is 0.562. The number of amides is 1. The molecular weight excluding hydrogens is 370 g/mol. The Morgan fingerprint density at radius 1 is 1.32 bits per heavy atom. The number of hydrogen-bond donors (Lipinski definition) is 7. The van der Waals surface area contributed by atoms with Gasteiger partial charge >= 0.3 is 0 Å². The van der Waals surface area contributed by atoms with Gasteiger partial charge in [0.05, 0.1) is 18.0 Å². The smallest absolute Gasteiger partial charge is 0.238 e. The van der Waals surface area contributed by atoms with Crippen molar-refractivity contribution in [2.24, 2.45) is 11.5 Å². The zero-order chi connectivity index (χ0) is 20.3. The summed E-state index contributed by atoms with van der Waals surface area (Å²) in [6.07, 6.45) is -1.15. The van der Waals surface area contributed by atoms with Crippen molar-refractivity contribution in [3.63, 3.8) is 0 Å². The molecule has 12 heteroatoms. The molecule has 0 bridgehead atoms. The van der Waals surface area contributed by atoms with Gasteiger partial charge in [0.15, 0.2) is 6.23 Å². The van der Waals surface area contributed by atoms with Crippen LogP contribution in [0.3, 0.4) is 0 Å². The molecule has 2 aromatic rings. The Kier molecular flexibility index (Phi) is 6.39. The average Bonchev–Trinajstić information content (AvgIpc) is 3.26. The van der Waals surface area contributed by atoms with Gasteiger partial charge in [0.25, 0.3) is 0 Å². The van der Waals surface area contributed by atoms with Crippen LogP contribution in [0.2, 0.25) is 0 Å². The normalized spacial score (nSPS) is 25.8. The van der Waals surface area contributed by atoms with E-state index in [1.165, 1.54) is 6.33 Å². The van der Waals surface area contributed by atoms with Crippen molar-refractivity contribution in [3.8, 4) is 0 Å². The van der Waals surface area contributed by atoms with E-state index in [1.54, 1.807) is 16.8 Å². The molecule has 1 saturated heterocycles. The Bertz CT molecular complexity index is 816. The summed E-state index contributed by atoms with van der Waals surface area (Å²) < 4.78 is 7.13. The number of aliphatic hydroxyl groups excluding tert-OH is 3. The first-order chi connectivity index (χ1) is 13.5. The molecule has 0 spiro atoms. The van der Waals surface area contributed by atoms with Gasteiger partial charge in [-0.05, 0) is 6.07 Å². The van der Waals surface area contributed by atoms with Gasteiger partial charge in [-0.2, -0.15) is 0 Å². The second kappa shape index (κ2) is 8.77. The van der Waals surface area contributed by atoms with Crippen molar-refractivity contribution in [2.45, 2.75) is 30.6 Å². The fourth-order valence-corrected chi connectivity index (χ4v) is 3.03. The Morgan fingerprint density at radius 3 is 2.79 bits per heavy atom. The Hall–Kier alpha value is -2.35. The lowest BCUT2D eigenvalue weighted by atomic mass is 10.1. The van der Waals surface area contributed by atoms with Crippen molar-refractivity contribution in [2.75, 3.05) is 31.6 Å². The molecule has 154 valence electrons. The summed E-state index contributed by atoms with van der Waals surface area (Å²) in [6, 6.07) is 1.01. The monoisotopic (exact) mass is 395 g/mol. The molecule has 1 aliphatic heterocycles. The summed E-state index contributed by atoms with van der Waals surface area (Å²) in [5, 5.41) is 35.9. The number of nitrogens with two attached hydrogens (primary N) is 2. The molecule has 1 amide bonds. The standard InChI is InChI=1S/C16H25N7O5/c17-5-9(18)15(27)20-3-2-19-13-8-1-4-23(14(8)22-7-21-13)16-12(26)11(25)10(6-24)28-16/h1,4,7,9-12,16,24-26H,2-3,5-6,17-18H2,(H,20,27)(H,19,21,22)/t9-,10+,11+,12+,16+/m0/s1. The third-order valence-electron chi connectivity index (χ3n) is 4.61. The van der Waals surface area contributed by atoms with Crippen LogP contribution in [0.5, 0.6) is 0 Å². The highest BCUT2D eigenvalue weighted by Gasteiger charge is 2.43. The first-order valence-electron chi connectivity index (χ1n) is 8.89. The molecule has 0 aromatic carbocycles. The Labute approximate surface area is 160 Å². The number of hydrogen-bond acceptors (Lipinski definition) is 10. The van der Waals surface area contributed by atoms with Gasteiger partial charge < -0.3 is 46.7 Å². The second-order valence-electron chi connectivity index (χ2n) is 6.47. The van der Waals surface area contributed by atoms with Gasteiger partial charge in [-0.3, -0.25) is 4.79 Å². The summed E-state index contributed by atoms with van der Waals surface area (Å²) in [5.74, 6) is 0.209. The maximum absolute atomic E-state index is 11.6. The molecule has 2 aromatic heterocycles. The minimum absolute atomic E-state index is 0.0697. The van der Waals surface area contributed by atoms with E-state index in [2.05, 4.69) is 20.6 Å². The molecule has 0 aliphatic carbocycles. The maximum Gasteiger partial charge on any atom is 0.238 e. The maximum atomic E-state index is 11.6. The Balaban J connectivity index is 1.69. The SMILES string of the molecule is NC[C@H](N)C(=O)NCCNc1ncnc2c1ccn2[C@@H]1O[C@H](CO)[C@@H](O)[C@H]1O. The molecule has 0 saturated carbocycles. The van der Waals surface area contributed by atoms with Gasteiger partial charge in [0.2, 0.25) is 5.91 Å². The molecule has 12 nitrogen and oxygen atoms in total. The second-order valence-corrected chi connectivity index (χ2v) is 6.47. The van der Waals surface area contributed by atoms with E-state index in [4.69, 9.17) is 16.2 Å². The lowest BCUT2D eigenvalue weighted by Crippen LogP contribution is -2.46. The zero-order valence-electron chi connectivity index (χ0n) is 15.1. The third-order valence-corrected chi connectivity index (χ3v) is 4.61. The van der Waals surface area contributed by atoms with Crippen molar-refractivity contribution < 1.29 is 24.9 Å². The summed E-state index contributed by atoms with van der Waals surface area (Å²) in [6.45, 7) is 0.386. The molecule has 9 N–H and O–H groups in total. The Morgan fingerprint density at radius 2 is 2.11 bits per heavy atom. The quantitative estimate of drug-likeness (QED) is 0.224. The van der Waals surface area contributed by atoms with Gasteiger partial charge in [0.1, 0.15) is 36.1 Å². The van der Waals surface area contributed by atoms with Crippen LogP contribution in [0.1, 0.15) is 6.23 Å². The van der Waals surface area contributed by atoms with Crippen LogP contribution in [0.15, 0.2) is 18.6 Å². The minimum Gasteiger partial charge on any atom is -0.394 e.